The third-order valence-electron chi connectivity index (χ3n) is 0.164. The van der Waals surface area contributed by atoms with Gasteiger partial charge in [0.25, 0.3) is 0 Å². The van der Waals surface area contributed by atoms with Crippen LogP contribution in [0.3, 0.4) is 0 Å². The Hall–Kier alpha value is -1.04. The van der Waals surface area contributed by atoms with E-state index >= 15 is 0 Å². The fraction of sp³-hybridized carbons (Fsp3) is 0. The molecule has 0 unspecified atom stereocenters. The molecule has 0 saturated carbocycles. The summed E-state index contributed by atoms with van der Waals surface area (Å²) in [6, 6.07) is 0. The highest BCUT2D eigenvalue weighted by atomic mass is 35.5. The van der Waals surface area contributed by atoms with E-state index in [0.29, 0.717) is 0 Å². The molecule has 0 saturated heterocycles. The Morgan fingerprint density at radius 3 is 2.38 bits per heavy atom. The van der Waals surface area contributed by atoms with Gasteiger partial charge in [0.05, 0.1) is 0 Å². The van der Waals surface area contributed by atoms with Crippen molar-refractivity contribution in [3.8, 4) is 0 Å². The van der Waals surface area contributed by atoms with Crippen molar-refractivity contribution in [2.75, 3.05) is 0 Å². The highest BCUT2D eigenvalue weighted by molar-refractivity contribution is 6.61. The predicted molar refractivity (Wildman–Crippen MR) is 20.4 cm³/mol. The normalized spacial score (nSPS) is 7.62. The Bertz CT molecular complexity index is 97.0. The van der Waals surface area contributed by atoms with Crippen LogP contribution in [-0.2, 0) is 9.88 Å². The van der Waals surface area contributed by atoms with Gasteiger partial charge >= 0.3 is 10.5 Å². The Morgan fingerprint density at radius 2 is 2.25 bits per heavy atom. The second-order valence-electron chi connectivity index (χ2n) is 0.619. The molecule has 0 amide bonds. The SMILES string of the molecule is O=C(Cl)OO[N+](=O)[O-]. The van der Waals surface area contributed by atoms with Gasteiger partial charge < -0.3 is 0 Å². The summed E-state index contributed by atoms with van der Waals surface area (Å²) in [5.41, 5.74) is -1.39. The average Bonchev–Trinajstić information content (AvgIpc) is 1.61. The molecule has 0 fully saturated rings. The summed E-state index contributed by atoms with van der Waals surface area (Å²) in [4.78, 5) is 24.9. The summed E-state index contributed by atoms with van der Waals surface area (Å²) in [6.45, 7) is 0. The molecule has 8 heavy (non-hydrogen) atoms. The molecule has 0 atom stereocenters. The predicted octanol–water partition coefficient (Wildman–Crippen LogP) is 0.485. The number of hydrogen-bond donors (Lipinski definition) is 0. The summed E-state index contributed by atoms with van der Waals surface area (Å²) in [5, 5.41) is 7.85. The number of halogens is 1. The molecule has 7 heteroatoms. The molecule has 0 aliphatic heterocycles. The third kappa shape index (κ3) is 4.96. The van der Waals surface area contributed by atoms with Gasteiger partial charge in [-0.2, -0.15) is 0 Å². The van der Waals surface area contributed by atoms with Gasteiger partial charge in [0.2, 0.25) is 0 Å². The van der Waals surface area contributed by atoms with E-state index in [9.17, 15) is 4.79 Å². The zero-order valence-corrected chi connectivity index (χ0v) is 4.12. The molecule has 0 heterocycles. The van der Waals surface area contributed by atoms with Crippen LogP contribution >= 0.6 is 11.6 Å². The number of hydrogen-bond acceptors (Lipinski definition) is 5. The second kappa shape index (κ2) is 3.03. The summed E-state index contributed by atoms with van der Waals surface area (Å²) >= 11 is 4.43. The largest absolute Gasteiger partial charge is 0.436 e. The minimum Gasteiger partial charge on any atom is -0.243 e. The zero-order chi connectivity index (χ0) is 6.57. The minimum atomic E-state index is -1.39. The third-order valence-corrected chi connectivity index (χ3v) is 0.227. The van der Waals surface area contributed by atoms with Crippen molar-refractivity contribution in [2.45, 2.75) is 0 Å². The van der Waals surface area contributed by atoms with E-state index in [2.05, 4.69) is 21.5 Å². The highest BCUT2D eigenvalue weighted by Crippen LogP contribution is 1.86. The topological polar surface area (TPSA) is 78.7 Å². The number of carbonyl (C=O) groups excluding carboxylic acids is 1. The van der Waals surface area contributed by atoms with Crippen LogP contribution in [-0.4, -0.2) is 10.5 Å². The Morgan fingerprint density at radius 1 is 1.75 bits per heavy atom. The van der Waals surface area contributed by atoms with Gasteiger partial charge in [0.1, 0.15) is 0 Å². The molecule has 0 aromatic heterocycles. The summed E-state index contributed by atoms with van der Waals surface area (Å²) < 4.78 is 0. The van der Waals surface area contributed by atoms with Gasteiger partial charge in [-0.05, 0) is 0 Å². The summed E-state index contributed by atoms with van der Waals surface area (Å²) in [5.74, 6) is 0. The molecular weight excluding hydrogens is 141 g/mol. The first-order valence-electron chi connectivity index (χ1n) is 1.31. The Balaban J connectivity index is 3.18. The van der Waals surface area contributed by atoms with Crippen molar-refractivity contribution in [2.24, 2.45) is 0 Å². The fourth-order valence-electron chi connectivity index (χ4n) is 0.0597. The molecule has 0 rings (SSSR count). The van der Waals surface area contributed by atoms with Gasteiger partial charge in [-0.15, -0.1) is 10.1 Å². The van der Waals surface area contributed by atoms with E-state index < -0.39 is 10.5 Å². The lowest BCUT2D eigenvalue weighted by Gasteiger charge is -1.87. The standard InChI is InChI=1S/CClNO5/c2-1(4)7-8-3(5)6. The molecule has 0 radical (unpaired) electrons. The van der Waals surface area contributed by atoms with Crippen molar-refractivity contribution in [3.63, 3.8) is 0 Å². The van der Waals surface area contributed by atoms with Crippen molar-refractivity contribution >= 4 is 17.0 Å². The number of rotatable bonds is 2. The van der Waals surface area contributed by atoms with E-state index in [1.54, 1.807) is 0 Å². The molecule has 0 spiro atoms. The van der Waals surface area contributed by atoms with E-state index in [4.69, 9.17) is 10.1 Å². The summed E-state index contributed by atoms with van der Waals surface area (Å²) in [6.07, 6.45) is 0. The quantitative estimate of drug-likeness (QED) is 0.242. The van der Waals surface area contributed by atoms with Crippen LogP contribution in [0, 0.1) is 10.1 Å². The molecule has 46 valence electrons. The van der Waals surface area contributed by atoms with Crippen LogP contribution in [0.25, 0.3) is 0 Å². The highest BCUT2D eigenvalue weighted by Gasteiger charge is 1.99. The molecule has 0 aromatic rings. The van der Waals surface area contributed by atoms with Gasteiger partial charge in [-0.25, -0.2) is 9.68 Å². The first kappa shape index (κ1) is 6.96. The van der Waals surface area contributed by atoms with Gasteiger partial charge in [-0.3, -0.25) is 0 Å². The lowest BCUT2D eigenvalue weighted by molar-refractivity contribution is -0.838. The number of nitrogens with zero attached hydrogens (tertiary/aromatic N) is 1. The Labute approximate surface area is 48.0 Å². The maximum Gasteiger partial charge on any atom is 0.436 e. The van der Waals surface area contributed by atoms with E-state index in [1.165, 1.54) is 0 Å². The van der Waals surface area contributed by atoms with Crippen molar-refractivity contribution in [1.29, 1.82) is 0 Å². The van der Waals surface area contributed by atoms with E-state index in [-0.39, 0.29) is 0 Å². The van der Waals surface area contributed by atoms with Crippen molar-refractivity contribution < 1.29 is 19.8 Å². The van der Waals surface area contributed by atoms with Crippen molar-refractivity contribution in [1.82, 2.24) is 0 Å². The van der Waals surface area contributed by atoms with Gasteiger partial charge in [-0.1, -0.05) is 4.99 Å². The second-order valence-corrected chi connectivity index (χ2v) is 0.928. The van der Waals surface area contributed by atoms with E-state index in [1.807, 2.05) is 0 Å². The van der Waals surface area contributed by atoms with Crippen LogP contribution in [0.2, 0.25) is 0 Å². The van der Waals surface area contributed by atoms with Crippen molar-refractivity contribution in [3.05, 3.63) is 10.1 Å². The van der Waals surface area contributed by atoms with Gasteiger partial charge in [0, 0.05) is 11.6 Å². The Kier molecular flexibility index (Phi) is 2.63. The zero-order valence-electron chi connectivity index (χ0n) is 3.37. The first-order valence-corrected chi connectivity index (χ1v) is 1.69. The lowest BCUT2D eigenvalue weighted by atomic mass is 11.6. The molecule has 0 aromatic carbocycles. The van der Waals surface area contributed by atoms with Gasteiger partial charge in [0.15, 0.2) is 0 Å². The number of carbonyl (C=O) groups is 1. The van der Waals surface area contributed by atoms with Crippen LogP contribution < -0.4 is 0 Å². The van der Waals surface area contributed by atoms with Crippen LogP contribution in [0.1, 0.15) is 0 Å². The fourth-order valence-corrected chi connectivity index (χ4v) is 0.0879. The van der Waals surface area contributed by atoms with Crippen LogP contribution in [0.5, 0.6) is 0 Å². The average molecular weight is 141 g/mol. The molecule has 0 aliphatic carbocycles. The van der Waals surface area contributed by atoms with E-state index in [0.717, 1.165) is 0 Å². The molecular formula is CClNO5. The lowest BCUT2D eigenvalue weighted by Crippen LogP contribution is -2.02. The summed E-state index contributed by atoms with van der Waals surface area (Å²) in [7, 11) is 0. The molecule has 0 bridgehead atoms. The minimum absolute atomic E-state index is 1.31. The smallest absolute Gasteiger partial charge is 0.243 e. The molecule has 6 nitrogen and oxygen atoms in total. The van der Waals surface area contributed by atoms with Crippen LogP contribution in [0.4, 0.5) is 4.79 Å². The maximum absolute atomic E-state index is 9.46. The maximum atomic E-state index is 9.46. The monoisotopic (exact) mass is 141 g/mol. The van der Waals surface area contributed by atoms with Crippen LogP contribution in [0.15, 0.2) is 0 Å². The first-order chi connectivity index (χ1) is 3.63. The molecule has 0 aliphatic rings. The molecule has 0 N–H and O–H groups in total.